The predicted molar refractivity (Wildman–Crippen MR) is 62.6 cm³/mol. The van der Waals surface area contributed by atoms with E-state index in [2.05, 4.69) is 26.5 Å². The first kappa shape index (κ1) is 10.0. The van der Waals surface area contributed by atoms with Gasteiger partial charge in [0.05, 0.1) is 0 Å². The third-order valence-corrected chi connectivity index (χ3v) is 2.73. The Bertz CT molecular complexity index is 668. The Balaban J connectivity index is 2.14. The number of nitrogens with zero attached hydrogens (tertiary/aromatic N) is 4. The van der Waals surface area contributed by atoms with E-state index in [1.807, 2.05) is 24.5 Å². The molecular weight excluding hydrogens is 216 g/mol. The fourth-order valence-corrected chi connectivity index (χ4v) is 1.84. The van der Waals surface area contributed by atoms with Gasteiger partial charge in [0.1, 0.15) is 5.65 Å². The lowest BCUT2D eigenvalue weighted by molar-refractivity contribution is 0.532. The van der Waals surface area contributed by atoms with Crippen molar-refractivity contribution in [3.8, 4) is 11.5 Å². The van der Waals surface area contributed by atoms with Crippen molar-refractivity contribution >= 4 is 5.65 Å². The second-order valence-electron chi connectivity index (χ2n) is 3.87. The van der Waals surface area contributed by atoms with E-state index in [9.17, 15) is 0 Å². The normalized spacial score (nSPS) is 11.2. The Hall–Kier alpha value is -2.17. The van der Waals surface area contributed by atoms with E-state index in [1.165, 1.54) is 5.69 Å². The SMILES string of the molecule is CCc1cnc2cc(-c3nnc(C)o3)ccn12. The summed E-state index contributed by atoms with van der Waals surface area (Å²) in [5.41, 5.74) is 2.98. The molecule has 3 aromatic rings. The third kappa shape index (κ3) is 1.60. The zero-order chi connectivity index (χ0) is 11.8. The molecule has 3 aromatic heterocycles. The molecular formula is C12H12N4O. The van der Waals surface area contributed by atoms with Gasteiger partial charge in [-0.25, -0.2) is 4.98 Å². The molecule has 0 atom stereocenters. The van der Waals surface area contributed by atoms with Gasteiger partial charge < -0.3 is 8.82 Å². The Morgan fingerprint density at radius 1 is 1.35 bits per heavy atom. The summed E-state index contributed by atoms with van der Waals surface area (Å²) >= 11 is 0. The van der Waals surface area contributed by atoms with Gasteiger partial charge in [0.2, 0.25) is 11.8 Å². The Morgan fingerprint density at radius 2 is 2.24 bits per heavy atom. The summed E-state index contributed by atoms with van der Waals surface area (Å²) in [5.74, 6) is 1.10. The van der Waals surface area contributed by atoms with Crippen molar-refractivity contribution in [1.29, 1.82) is 0 Å². The minimum absolute atomic E-state index is 0.533. The molecule has 0 N–H and O–H groups in total. The van der Waals surface area contributed by atoms with Crippen LogP contribution in [0.4, 0.5) is 0 Å². The molecule has 0 saturated carbocycles. The van der Waals surface area contributed by atoms with Crippen LogP contribution in [0.25, 0.3) is 17.1 Å². The summed E-state index contributed by atoms with van der Waals surface area (Å²) in [7, 11) is 0. The fourth-order valence-electron chi connectivity index (χ4n) is 1.84. The molecule has 0 radical (unpaired) electrons. The second-order valence-corrected chi connectivity index (χ2v) is 3.87. The van der Waals surface area contributed by atoms with Crippen LogP contribution < -0.4 is 0 Å². The van der Waals surface area contributed by atoms with Gasteiger partial charge in [-0.05, 0) is 18.6 Å². The van der Waals surface area contributed by atoms with Crippen LogP contribution in [0.15, 0.2) is 28.9 Å². The van der Waals surface area contributed by atoms with E-state index in [0.717, 1.165) is 17.6 Å². The third-order valence-electron chi connectivity index (χ3n) is 2.73. The van der Waals surface area contributed by atoms with Crippen molar-refractivity contribution in [3.63, 3.8) is 0 Å². The van der Waals surface area contributed by atoms with Crippen LogP contribution >= 0.6 is 0 Å². The van der Waals surface area contributed by atoms with Crippen LogP contribution in [-0.4, -0.2) is 19.6 Å². The molecule has 0 aliphatic rings. The number of pyridine rings is 1. The molecule has 0 aromatic carbocycles. The molecule has 0 saturated heterocycles. The Kier molecular flexibility index (Phi) is 2.18. The van der Waals surface area contributed by atoms with Crippen molar-refractivity contribution < 1.29 is 4.42 Å². The van der Waals surface area contributed by atoms with Crippen LogP contribution in [0.2, 0.25) is 0 Å². The van der Waals surface area contributed by atoms with Crippen molar-refractivity contribution in [2.45, 2.75) is 20.3 Å². The number of aromatic nitrogens is 4. The van der Waals surface area contributed by atoms with E-state index in [1.54, 1.807) is 6.92 Å². The van der Waals surface area contributed by atoms with Gasteiger partial charge >= 0.3 is 0 Å². The molecule has 0 bridgehead atoms. The minimum Gasteiger partial charge on any atom is -0.421 e. The van der Waals surface area contributed by atoms with Crippen molar-refractivity contribution in [2.24, 2.45) is 0 Å². The number of fused-ring (bicyclic) bond motifs is 1. The lowest BCUT2D eigenvalue weighted by Gasteiger charge is -1.99. The van der Waals surface area contributed by atoms with E-state index in [0.29, 0.717) is 11.8 Å². The average molecular weight is 228 g/mol. The maximum atomic E-state index is 5.39. The summed E-state index contributed by atoms with van der Waals surface area (Å²) in [6, 6.07) is 3.91. The Labute approximate surface area is 98.1 Å². The van der Waals surface area contributed by atoms with Gasteiger partial charge in [0.25, 0.3) is 0 Å². The highest BCUT2D eigenvalue weighted by atomic mass is 16.4. The van der Waals surface area contributed by atoms with Crippen molar-refractivity contribution in [1.82, 2.24) is 19.6 Å². The van der Waals surface area contributed by atoms with Gasteiger partial charge in [0, 0.05) is 30.6 Å². The molecule has 3 heterocycles. The molecule has 17 heavy (non-hydrogen) atoms. The molecule has 0 amide bonds. The quantitative estimate of drug-likeness (QED) is 0.675. The number of aryl methyl sites for hydroxylation is 2. The standard InChI is InChI=1S/C12H12N4O/c1-3-10-7-13-11-6-9(4-5-16(10)11)12-15-14-8(2)17-12/h4-7H,3H2,1-2H3. The smallest absolute Gasteiger partial charge is 0.247 e. The van der Waals surface area contributed by atoms with E-state index >= 15 is 0 Å². The fraction of sp³-hybridized carbons (Fsp3) is 0.250. The number of hydrogen-bond donors (Lipinski definition) is 0. The van der Waals surface area contributed by atoms with E-state index in [4.69, 9.17) is 4.42 Å². The number of imidazole rings is 1. The van der Waals surface area contributed by atoms with Gasteiger partial charge in [-0.15, -0.1) is 10.2 Å². The molecule has 0 aliphatic carbocycles. The van der Waals surface area contributed by atoms with Gasteiger partial charge in [-0.1, -0.05) is 6.92 Å². The first-order valence-electron chi connectivity index (χ1n) is 5.54. The summed E-state index contributed by atoms with van der Waals surface area (Å²) in [4.78, 5) is 4.36. The summed E-state index contributed by atoms with van der Waals surface area (Å²) in [6.45, 7) is 3.89. The molecule has 86 valence electrons. The first-order valence-corrected chi connectivity index (χ1v) is 5.54. The van der Waals surface area contributed by atoms with Gasteiger partial charge in [0.15, 0.2) is 0 Å². The predicted octanol–water partition coefficient (Wildman–Crippen LogP) is 2.26. The molecule has 0 spiro atoms. The lowest BCUT2D eigenvalue weighted by atomic mass is 10.2. The summed E-state index contributed by atoms with van der Waals surface area (Å²) in [5, 5.41) is 7.82. The second kappa shape index (κ2) is 3.69. The largest absolute Gasteiger partial charge is 0.421 e. The topological polar surface area (TPSA) is 56.2 Å². The molecule has 0 aliphatic heterocycles. The summed E-state index contributed by atoms with van der Waals surface area (Å²) in [6.07, 6.45) is 4.83. The van der Waals surface area contributed by atoms with Gasteiger partial charge in [-0.3, -0.25) is 0 Å². The highest BCUT2D eigenvalue weighted by Gasteiger charge is 2.08. The van der Waals surface area contributed by atoms with Crippen LogP contribution in [-0.2, 0) is 6.42 Å². The average Bonchev–Trinajstić information content (AvgIpc) is 2.94. The zero-order valence-electron chi connectivity index (χ0n) is 9.71. The van der Waals surface area contributed by atoms with Crippen LogP contribution in [0.5, 0.6) is 0 Å². The summed E-state index contributed by atoms with van der Waals surface area (Å²) < 4.78 is 7.45. The first-order chi connectivity index (χ1) is 8.28. The van der Waals surface area contributed by atoms with Crippen molar-refractivity contribution in [3.05, 3.63) is 36.1 Å². The molecule has 5 heteroatoms. The lowest BCUT2D eigenvalue weighted by Crippen LogP contribution is -1.90. The zero-order valence-corrected chi connectivity index (χ0v) is 9.71. The van der Waals surface area contributed by atoms with Crippen molar-refractivity contribution in [2.75, 3.05) is 0 Å². The maximum Gasteiger partial charge on any atom is 0.247 e. The monoisotopic (exact) mass is 228 g/mol. The van der Waals surface area contributed by atoms with Crippen LogP contribution in [0, 0.1) is 6.92 Å². The van der Waals surface area contributed by atoms with E-state index in [-0.39, 0.29) is 0 Å². The number of rotatable bonds is 2. The van der Waals surface area contributed by atoms with Gasteiger partial charge in [-0.2, -0.15) is 0 Å². The minimum atomic E-state index is 0.533. The Morgan fingerprint density at radius 3 is 2.94 bits per heavy atom. The maximum absolute atomic E-state index is 5.39. The molecule has 0 fully saturated rings. The van der Waals surface area contributed by atoms with Crippen LogP contribution in [0.3, 0.4) is 0 Å². The highest BCUT2D eigenvalue weighted by Crippen LogP contribution is 2.19. The van der Waals surface area contributed by atoms with E-state index < -0.39 is 0 Å². The number of hydrogen-bond acceptors (Lipinski definition) is 4. The molecule has 0 unspecified atom stereocenters. The highest BCUT2D eigenvalue weighted by molar-refractivity contribution is 5.59. The van der Waals surface area contributed by atoms with Crippen LogP contribution in [0.1, 0.15) is 18.5 Å². The molecule has 3 rings (SSSR count). The molecule has 5 nitrogen and oxygen atoms in total.